The molecule has 0 aliphatic heterocycles. The lowest BCUT2D eigenvalue weighted by molar-refractivity contribution is -0.136. The van der Waals surface area contributed by atoms with Gasteiger partial charge in [0.25, 0.3) is 0 Å². The number of hydrogen-bond acceptors (Lipinski definition) is 7. The first-order chi connectivity index (χ1) is 11.8. The second-order valence-corrected chi connectivity index (χ2v) is 7.30. The summed E-state index contributed by atoms with van der Waals surface area (Å²) in [6.07, 6.45) is -2.98. The van der Waals surface area contributed by atoms with Crippen LogP contribution in [0.1, 0.15) is 29.1 Å². The molecule has 25 heavy (non-hydrogen) atoms. The molecule has 10 heteroatoms. The maximum Gasteiger partial charge on any atom is 0.417 e. The van der Waals surface area contributed by atoms with Crippen molar-refractivity contribution in [3.8, 4) is 6.07 Å². The monoisotopic (exact) mass is 381 g/mol. The number of pyridine rings is 1. The maximum atomic E-state index is 13.1. The molecule has 5 nitrogen and oxygen atoms in total. The number of nitrogens with two attached hydrogens (primary N) is 1. The van der Waals surface area contributed by atoms with Gasteiger partial charge in [0, 0.05) is 23.0 Å². The summed E-state index contributed by atoms with van der Waals surface area (Å²) in [5.41, 5.74) is 5.55. The molecule has 0 saturated heterocycles. The summed E-state index contributed by atoms with van der Waals surface area (Å²) in [5.74, 6) is 0.154. The zero-order valence-corrected chi connectivity index (χ0v) is 14.3. The first-order valence-electron chi connectivity index (χ1n) is 6.93. The Balaban J connectivity index is 1.93. The van der Waals surface area contributed by atoms with Gasteiger partial charge in [-0.1, -0.05) is 11.8 Å². The van der Waals surface area contributed by atoms with Crippen LogP contribution in [-0.4, -0.2) is 15.0 Å². The van der Waals surface area contributed by atoms with E-state index in [-0.39, 0.29) is 27.3 Å². The van der Waals surface area contributed by atoms with E-state index in [0.717, 1.165) is 16.7 Å². The van der Waals surface area contributed by atoms with Gasteiger partial charge in [0.1, 0.15) is 17.6 Å². The molecular formula is C15H10F3N5S2. The minimum Gasteiger partial charge on any atom is -0.384 e. The van der Waals surface area contributed by atoms with Crippen LogP contribution in [-0.2, 0) is 6.18 Å². The quantitative estimate of drug-likeness (QED) is 0.534. The summed E-state index contributed by atoms with van der Waals surface area (Å²) in [5, 5.41) is 10.1. The number of nitrogen functional groups attached to an aromatic ring is 1. The number of nitriles is 1. The predicted molar refractivity (Wildman–Crippen MR) is 90.1 cm³/mol. The molecule has 0 bridgehead atoms. The summed E-state index contributed by atoms with van der Waals surface area (Å²) < 4.78 is 39.7. The van der Waals surface area contributed by atoms with Crippen molar-refractivity contribution in [2.75, 3.05) is 5.73 Å². The molecule has 3 aromatic heterocycles. The number of thiophene rings is 1. The largest absolute Gasteiger partial charge is 0.417 e. The van der Waals surface area contributed by atoms with Crippen LogP contribution in [0.2, 0.25) is 0 Å². The SMILES string of the molecule is CC(Sc1nc(N)cc(C#N)n1)c1cc2c(C(F)(F)F)csc2cn1. The normalized spacial score (nSPS) is 12.9. The van der Waals surface area contributed by atoms with Gasteiger partial charge in [0.2, 0.25) is 0 Å². The molecule has 3 heterocycles. The summed E-state index contributed by atoms with van der Waals surface area (Å²) in [7, 11) is 0. The lowest BCUT2D eigenvalue weighted by Gasteiger charge is -2.11. The average molecular weight is 381 g/mol. The van der Waals surface area contributed by atoms with Crippen LogP contribution in [0.4, 0.5) is 19.0 Å². The number of halogens is 3. The fraction of sp³-hybridized carbons (Fsp3) is 0.200. The molecule has 1 unspecified atom stereocenters. The summed E-state index contributed by atoms with van der Waals surface area (Å²) in [6.45, 7) is 1.77. The average Bonchev–Trinajstić information content (AvgIpc) is 2.97. The molecule has 0 aliphatic rings. The van der Waals surface area contributed by atoms with E-state index < -0.39 is 11.7 Å². The van der Waals surface area contributed by atoms with Crippen LogP contribution >= 0.6 is 23.1 Å². The standard InChI is InChI=1S/C15H10F3N5S2/c1-7(25-14-22-8(4-19)2-13(20)23-14)11-3-9-10(15(16,17)18)6-24-12(9)5-21-11/h2-3,5-7H,1H3,(H2,20,22,23). The Morgan fingerprint density at radius 3 is 2.76 bits per heavy atom. The minimum atomic E-state index is -4.41. The number of rotatable bonds is 3. The molecule has 0 radical (unpaired) electrons. The van der Waals surface area contributed by atoms with Crippen molar-refractivity contribution in [1.29, 1.82) is 5.26 Å². The van der Waals surface area contributed by atoms with E-state index in [0.29, 0.717) is 10.4 Å². The van der Waals surface area contributed by atoms with Crippen molar-refractivity contribution in [3.05, 3.63) is 40.7 Å². The van der Waals surface area contributed by atoms with Gasteiger partial charge in [-0.2, -0.15) is 18.4 Å². The van der Waals surface area contributed by atoms with Crippen molar-refractivity contribution < 1.29 is 13.2 Å². The van der Waals surface area contributed by atoms with Crippen molar-refractivity contribution >= 4 is 39.0 Å². The van der Waals surface area contributed by atoms with E-state index >= 15 is 0 Å². The summed E-state index contributed by atoms with van der Waals surface area (Å²) in [6, 6.07) is 4.66. The van der Waals surface area contributed by atoms with Crippen LogP contribution in [0, 0.1) is 11.3 Å². The van der Waals surface area contributed by atoms with Gasteiger partial charge in [0.05, 0.1) is 21.2 Å². The Labute approximate surface area is 148 Å². The van der Waals surface area contributed by atoms with Gasteiger partial charge >= 0.3 is 6.18 Å². The smallest absolute Gasteiger partial charge is 0.384 e. The minimum absolute atomic E-state index is 0.126. The number of thioether (sulfide) groups is 1. The number of anilines is 1. The van der Waals surface area contributed by atoms with E-state index in [9.17, 15) is 13.2 Å². The fourth-order valence-electron chi connectivity index (χ4n) is 2.16. The highest BCUT2D eigenvalue weighted by Gasteiger charge is 2.33. The predicted octanol–water partition coefficient (Wildman–Crippen LogP) is 4.41. The van der Waals surface area contributed by atoms with Crippen LogP contribution in [0.5, 0.6) is 0 Å². The second-order valence-electron chi connectivity index (χ2n) is 5.08. The molecule has 0 amide bonds. The molecule has 2 N–H and O–H groups in total. The van der Waals surface area contributed by atoms with Gasteiger partial charge in [-0.05, 0) is 13.0 Å². The first kappa shape index (κ1) is 17.4. The molecule has 3 rings (SSSR count). The third kappa shape index (κ3) is 3.67. The first-order valence-corrected chi connectivity index (χ1v) is 8.69. The Morgan fingerprint density at radius 2 is 2.08 bits per heavy atom. The molecule has 1 atom stereocenters. The molecule has 128 valence electrons. The van der Waals surface area contributed by atoms with Crippen molar-refractivity contribution in [2.45, 2.75) is 23.5 Å². The fourth-order valence-corrected chi connectivity index (χ4v) is 3.95. The number of nitrogens with zero attached hydrogens (tertiary/aromatic N) is 4. The van der Waals surface area contributed by atoms with E-state index in [2.05, 4.69) is 15.0 Å². The van der Waals surface area contributed by atoms with Crippen LogP contribution in [0.15, 0.2) is 28.9 Å². The zero-order chi connectivity index (χ0) is 18.2. The number of fused-ring (bicyclic) bond motifs is 1. The highest BCUT2D eigenvalue weighted by Crippen LogP contribution is 2.40. The maximum absolute atomic E-state index is 13.1. The number of aromatic nitrogens is 3. The molecule has 0 saturated carbocycles. The lowest BCUT2D eigenvalue weighted by atomic mass is 10.1. The zero-order valence-electron chi connectivity index (χ0n) is 12.7. The Morgan fingerprint density at radius 1 is 1.32 bits per heavy atom. The molecule has 0 aromatic carbocycles. The van der Waals surface area contributed by atoms with E-state index in [1.165, 1.54) is 30.1 Å². The van der Waals surface area contributed by atoms with E-state index in [4.69, 9.17) is 11.0 Å². The van der Waals surface area contributed by atoms with Crippen LogP contribution in [0.3, 0.4) is 0 Å². The van der Waals surface area contributed by atoms with Crippen molar-refractivity contribution in [2.24, 2.45) is 0 Å². The Hall–Kier alpha value is -2.38. The van der Waals surface area contributed by atoms with Gasteiger partial charge in [-0.3, -0.25) is 4.98 Å². The third-order valence-corrected chi connectivity index (χ3v) is 5.25. The van der Waals surface area contributed by atoms with E-state index in [1.54, 1.807) is 6.92 Å². The number of hydrogen-bond donors (Lipinski definition) is 1. The van der Waals surface area contributed by atoms with E-state index in [1.807, 2.05) is 6.07 Å². The van der Waals surface area contributed by atoms with Gasteiger partial charge < -0.3 is 5.73 Å². The Bertz CT molecular complexity index is 977. The van der Waals surface area contributed by atoms with Crippen LogP contribution in [0.25, 0.3) is 10.1 Å². The second kappa shape index (κ2) is 6.50. The summed E-state index contributed by atoms with van der Waals surface area (Å²) in [4.78, 5) is 12.3. The Kier molecular flexibility index (Phi) is 4.53. The van der Waals surface area contributed by atoms with Gasteiger partial charge in [-0.25, -0.2) is 9.97 Å². The third-order valence-electron chi connectivity index (χ3n) is 3.33. The number of alkyl halides is 3. The van der Waals surface area contributed by atoms with Crippen molar-refractivity contribution in [3.63, 3.8) is 0 Å². The highest BCUT2D eigenvalue weighted by molar-refractivity contribution is 7.99. The van der Waals surface area contributed by atoms with Gasteiger partial charge in [-0.15, -0.1) is 11.3 Å². The lowest BCUT2D eigenvalue weighted by Crippen LogP contribution is -2.04. The molecule has 0 spiro atoms. The highest BCUT2D eigenvalue weighted by atomic mass is 32.2. The van der Waals surface area contributed by atoms with Crippen molar-refractivity contribution in [1.82, 2.24) is 15.0 Å². The van der Waals surface area contributed by atoms with Gasteiger partial charge in [0.15, 0.2) is 5.16 Å². The molecule has 0 fully saturated rings. The molecule has 3 aromatic rings. The van der Waals surface area contributed by atoms with Crippen LogP contribution < -0.4 is 5.73 Å². The topological polar surface area (TPSA) is 88.5 Å². The molecular weight excluding hydrogens is 371 g/mol. The molecule has 0 aliphatic carbocycles. The summed E-state index contributed by atoms with van der Waals surface area (Å²) >= 11 is 2.18.